The Hall–Kier alpha value is -2.02. The van der Waals surface area contributed by atoms with E-state index in [9.17, 15) is 9.36 Å². The predicted molar refractivity (Wildman–Crippen MR) is 96.3 cm³/mol. The second-order valence-corrected chi connectivity index (χ2v) is 7.30. The number of rotatable bonds is 11. The standard InChI is InChI=1S/C18H22NO6P/c1-19(12-18(20)21)15-25-26(22,23-13-16-8-4-2-5-9-16)24-14-17-10-6-3-7-11-17/h2-11H,12-15H2,1H3,(H,20,21). The van der Waals surface area contributed by atoms with Crippen LogP contribution in [0, 0.1) is 0 Å². The zero-order chi connectivity index (χ0) is 18.8. The number of likely N-dealkylation sites (N-methyl/N-ethyl adjacent to an activating group) is 1. The highest BCUT2D eigenvalue weighted by atomic mass is 31.2. The van der Waals surface area contributed by atoms with Gasteiger partial charge in [-0.15, -0.1) is 0 Å². The summed E-state index contributed by atoms with van der Waals surface area (Å²) in [5.41, 5.74) is 1.64. The van der Waals surface area contributed by atoms with Gasteiger partial charge in [0.15, 0.2) is 0 Å². The van der Waals surface area contributed by atoms with E-state index >= 15 is 0 Å². The molecule has 0 spiro atoms. The molecule has 0 amide bonds. The van der Waals surface area contributed by atoms with E-state index in [1.165, 1.54) is 11.9 Å². The van der Waals surface area contributed by atoms with E-state index < -0.39 is 13.8 Å². The maximum absolute atomic E-state index is 12.9. The molecule has 0 aromatic heterocycles. The molecule has 0 saturated carbocycles. The van der Waals surface area contributed by atoms with E-state index in [1.807, 2.05) is 60.7 Å². The lowest BCUT2D eigenvalue weighted by Gasteiger charge is -2.21. The Kier molecular flexibility index (Phi) is 7.97. The number of nitrogens with zero attached hydrogens (tertiary/aromatic N) is 1. The van der Waals surface area contributed by atoms with Crippen LogP contribution in [0.15, 0.2) is 60.7 Å². The first-order valence-corrected chi connectivity index (χ1v) is 9.45. The molecule has 26 heavy (non-hydrogen) atoms. The van der Waals surface area contributed by atoms with Gasteiger partial charge in [-0.1, -0.05) is 60.7 Å². The van der Waals surface area contributed by atoms with E-state index in [1.54, 1.807) is 0 Å². The van der Waals surface area contributed by atoms with Crippen molar-refractivity contribution in [3.05, 3.63) is 71.8 Å². The molecule has 0 aliphatic heterocycles. The largest absolute Gasteiger partial charge is 0.480 e. The van der Waals surface area contributed by atoms with E-state index in [4.69, 9.17) is 18.7 Å². The monoisotopic (exact) mass is 379 g/mol. The molecule has 2 aromatic rings. The third-order valence-corrected chi connectivity index (χ3v) is 4.63. The van der Waals surface area contributed by atoms with Gasteiger partial charge < -0.3 is 5.11 Å². The fourth-order valence-corrected chi connectivity index (χ4v) is 3.19. The highest BCUT2D eigenvalue weighted by Crippen LogP contribution is 2.50. The molecular weight excluding hydrogens is 357 g/mol. The van der Waals surface area contributed by atoms with Crippen molar-refractivity contribution < 1.29 is 28.0 Å². The summed E-state index contributed by atoms with van der Waals surface area (Å²) < 4.78 is 29.1. The van der Waals surface area contributed by atoms with Gasteiger partial charge in [-0.05, 0) is 18.2 Å². The zero-order valence-corrected chi connectivity index (χ0v) is 15.4. The lowest BCUT2D eigenvalue weighted by Crippen LogP contribution is -2.27. The second kappa shape index (κ2) is 10.2. The van der Waals surface area contributed by atoms with Gasteiger partial charge in [0.05, 0.1) is 19.8 Å². The minimum atomic E-state index is -3.88. The van der Waals surface area contributed by atoms with Crippen molar-refractivity contribution in [1.29, 1.82) is 0 Å². The zero-order valence-electron chi connectivity index (χ0n) is 14.5. The first kappa shape index (κ1) is 20.3. The van der Waals surface area contributed by atoms with Crippen molar-refractivity contribution in [2.45, 2.75) is 13.2 Å². The molecule has 0 aliphatic rings. The predicted octanol–water partition coefficient (Wildman–Crippen LogP) is 3.52. The Bertz CT molecular complexity index is 677. The van der Waals surface area contributed by atoms with Crippen molar-refractivity contribution >= 4 is 13.8 Å². The number of carboxylic acid groups (broad SMARTS) is 1. The molecule has 0 atom stereocenters. The van der Waals surface area contributed by atoms with Crippen molar-refractivity contribution in [2.75, 3.05) is 20.3 Å². The average molecular weight is 379 g/mol. The van der Waals surface area contributed by atoms with Crippen LogP contribution >= 0.6 is 7.82 Å². The van der Waals surface area contributed by atoms with Crippen LogP contribution in [0.2, 0.25) is 0 Å². The Labute approximate surface area is 152 Å². The third-order valence-electron chi connectivity index (χ3n) is 3.31. The van der Waals surface area contributed by atoms with Gasteiger partial charge in [-0.3, -0.25) is 23.3 Å². The summed E-state index contributed by atoms with van der Waals surface area (Å²) >= 11 is 0. The average Bonchev–Trinajstić information content (AvgIpc) is 2.65. The molecule has 0 radical (unpaired) electrons. The number of carbonyl (C=O) groups is 1. The Morgan fingerprint density at radius 1 is 0.923 bits per heavy atom. The van der Waals surface area contributed by atoms with Crippen molar-refractivity contribution in [2.24, 2.45) is 0 Å². The summed E-state index contributed by atoms with van der Waals surface area (Å²) in [6.45, 7) is -0.352. The maximum atomic E-state index is 12.9. The molecule has 1 N–H and O–H groups in total. The van der Waals surface area contributed by atoms with E-state index in [2.05, 4.69) is 0 Å². The lowest BCUT2D eigenvalue weighted by atomic mass is 10.2. The van der Waals surface area contributed by atoms with Gasteiger partial charge >= 0.3 is 13.8 Å². The third kappa shape index (κ3) is 7.47. The quantitative estimate of drug-likeness (QED) is 0.472. The van der Waals surface area contributed by atoms with E-state index in [0.29, 0.717) is 0 Å². The number of benzene rings is 2. The minimum Gasteiger partial charge on any atom is -0.480 e. The number of hydrogen-bond acceptors (Lipinski definition) is 6. The van der Waals surface area contributed by atoms with Crippen LogP contribution in [0.25, 0.3) is 0 Å². The van der Waals surface area contributed by atoms with Gasteiger partial charge in [0.1, 0.15) is 6.73 Å². The smallest absolute Gasteiger partial charge is 0.476 e. The topological polar surface area (TPSA) is 85.3 Å². The summed E-state index contributed by atoms with van der Waals surface area (Å²) in [5.74, 6) is -1.01. The SMILES string of the molecule is CN(COP(=O)(OCc1ccccc1)OCc1ccccc1)CC(=O)O. The summed E-state index contributed by atoms with van der Waals surface area (Å²) in [4.78, 5) is 12.1. The van der Waals surface area contributed by atoms with Gasteiger partial charge in [0.25, 0.3) is 0 Å². The highest BCUT2D eigenvalue weighted by molar-refractivity contribution is 7.48. The molecular formula is C18H22NO6P. The maximum Gasteiger partial charge on any atom is 0.476 e. The molecule has 2 rings (SSSR count). The summed E-state index contributed by atoms with van der Waals surface area (Å²) in [6.07, 6.45) is 0. The summed E-state index contributed by atoms with van der Waals surface area (Å²) in [6, 6.07) is 18.4. The molecule has 0 aliphatic carbocycles. The van der Waals surface area contributed by atoms with Gasteiger partial charge in [-0.2, -0.15) is 0 Å². The van der Waals surface area contributed by atoms with Crippen molar-refractivity contribution in [1.82, 2.24) is 4.90 Å². The fourth-order valence-electron chi connectivity index (χ4n) is 2.01. The Morgan fingerprint density at radius 2 is 1.38 bits per heavy atom. The van der Waals surface area contributed by atoms with Crippen molar-refractivity contribution in [3.8, 4) is 0 Å². The number of phosphoric ester groups is 1. The van der Waals surface area contributed by atoms with Crippen LogP contribution in [0.3, 0.4) is 0 Å². The van der Waals surface area contributed by atoms with Crippen molar-refractivity contribution in [3.63, 3.8) is 0 Å². The first-order valence-electron chi connectivity index (χ1n) is 7.99. The number of hydrogen-bond donors (Lipinski definition) is 1. The number of carboxylic acids is 1. The molecule has 2 aromatic carbocycles. The van der Waals surface area contributed by atoms with Gasteiger partial charge in [0.2, 0.25) is 0 Å². The van der Waals surface area contributed by atoms with Crippen LogP contribution in [0.5, 0.6) is 0 Å². The molecule has 8 heteroatoms. The summed E-state index contributed by atoms with van der Waals surface area (Å²) in [7, 11) is -2.35. The van der Waals surface area contributed by atoms with Crippen LogP contribution in [-0.4, -0.2) is 36.3 Å². The van der Waals surface area contributed by atoms with Gasteiger partial charge in [-0.25, -0.2) is 4.57 Å². The molecule has 7 nitrogen and oxygen atoms in total. The molecule has 0 bridgehead atoms. The first-order chi connectivity index (χ1) is 12.5. The van der Waals surface area contributed by atoms with Crippen LogP contribution < -0.4 is 0 Å². The normalized spacial score (nSPS) is 11.6. The van der Waals surface area contributed by atoms with E-state index in [-0.39, 0.29) is 26.5 Å². The molecule has 0 heterocycles. The summed E-state index contributed by atoms with van der Waals surface area (Å²) in [5, 5.41) is 8.79. The molecule has 0 fully saturated rings. The second-order valence-electron chi connectivity index (χ2n) is 5.63. The fraction of sp³-hybridized carbons (Fsp3) is 0.278. The van der Waals surface area contributed by atoms with Crippen LogP contribution in [0.1, 0.15) is 11.1 Å². The molecule has 140 valence electrons. The lowest BCUT2D eigenvalue weighted by molar-refractivity contribution is -0.138. The minimum absolute atomic E-state index is 0.0511. The highest BCUT2D eigenvalue weighted by Gasteiger charge is 2.28. The van der Waals surface area contributed by atoms with Crippen LogP contribution in [-0.2, 0) is 36.1 Å². The Morgan fingerprint density at radius 3 is 1.81 bits per heavy atom. The van der Waals surface area contributed by atoms with E-state index in [0.717, 1.165) is 11.1 Å². The molecule has 0 unspecified atom stereocenters. The molecule has 0 saturated heterocycles. The number of phosphoric acid groups is 1. The van der Waals surface area contributed by atoms with Crippen LogP contribution in [0.4, 0.5) is 0 Å². The number of aliphatic carboxylic acids is 1. The van der Waals surface area contributed by atoms with Gasteiger partial charge in [0, 0.05) is 0 Å². The Balaban J connectivity index is 1.98.